The SMILES string of the molecule is CCOC(=O)C1CCN(c2nccc(C#CC(C)CCC(C)(C)O[Si](C)(C)C)n2)CC1. The molecule has 1 aliphatic rings. The third-order valence-electron chi connectivity index (χ3n) is 5.25. The quantitative estimate of drug-likeness (QED) is 0.330. The van der Waals surface area contributed by atoms with Gasteiger partial charge >= 0.3 is 5.97 Å². The second-order valence-corrected chi connectivity index (χ2v) is 14.4. The molecule has 1 unspecified atom stereocenters. The summed E-state index contributed by atoms with van der Waals surface area (Å²) < 4.78 is 11.4. The molecular weight excluding hydrogens is 406 g/mol. The molecule has 6 nitrogen and oxygen atoms in total. The number of carbonyl (C=O) groups is 1. The first kappa shape index (κ1) is 25.3. The van der Waals surface area contributed by atoms with Gasteiger partial charge in [-0.3, -0.25) is 4.79 Å². The smallest absolute Gasteiger partial charge is 0.309 e. The van der Waals surface area contributed by atoms with Crippen LogP contribution in [-0.4, -0.2) is 49.6 Å². The molecule has 0 saturated carbocycles. The minimum absolute atomic E-state index is 0.0193. The Kier molecular flexibility index (Phi) is 9.08. The summed E-state index contributed by atoms with van der Waals surface area (Å²) in [5, 5.41) is 0. The third kappa shape index (κ3) is 9.00. The molecule has 0 bridgehead atoms. The van der Waals surface area contributed by atoms with E-state index in [1.54, 1.807) is 6.20 Å². The van der Waals surface area contributed by atoms with E-state index in [0.717, 1.165) is 44.5 Å². The molecule has 31 heavy (non-hydrogen) atoms. The van der Waals surface area contributed by atoms with Crippen LogP contribution in [0.15, 0.2) is 12.3 Å². The molecule has 172 valence electrons. The molecule has 0 N–H and O–H groups in total. The monoisotopic (exact) mass is 445 g/mol. The summed E-state index contributed by atoms with van der Waals surface area (Å²) in [7, 11) is -1.56. The van der Waals surface area contributed by atoms with Gasteiger partial charge in [0.05, 0.1) is 18.1 Å². The van der Waals surface area contributed by atoms with Crippen LogP contribution in [0.2, 0.25) is 19.6 Å². The Labute approximate surface area is 189 Å². The lowest BCUT2D eigenvalue weighted by atomic mass is 9.96. The van der Waals surface area contributed by atoms with Crippen molar-refractivity contribution in [3.05, 3.63) is 18.0 Å². The first-order chi connectivity index (χ1) is 14.5. The van der Waals surface area contributed by atoms with Crippen LogP contribution in [0.1, 0.15) is 59.1 Å². The predicted octanol–water partition coefficient (Wildman–Crippen LogP) is 4.65. The number of rotatable bonds is 8. The van der Waals surface area contributed by atoms with Crippen molar-refractivity contribution in [2.24, 2.45) is 11.8 Å². The van der Waals surface area contributed by atoms with Crippen LogP contribution in [0.5, 0.6) is 0 Å². The second-order valence-electron chi connectivity index (χ2n) is 9.94. The van der Waals surface area contributed by atoms with Crippen LogP contribution in [0.4, 0.5) is 5.95 Å². The molecule has 2 heterocycles. The minimum Gasteiger partial charge on any atom is -0.466 e. The maximum atomic E-state index is 11.9. The molecule has 0 amide bonds. The Bertz CT molecular complexity index is 787. The van der Waals surface area contributed by atoms with Gasteiger partial charge in [-0.1, -0.05) is 12.8 Å². The molecule has 1 fully saturated rings. The highest BCUT2D eigenvalue weighted by Gasteiger charge is 2.28. The van der Waals surface area contributed by atoms with Gasteiger partial charge in [-0.15, -0.1) is 0 Å². The largest absolute Gasteiger partial charge is 0.466 e. The molecule has 1 aromatic heterocycles. The summed E-state index contributed by atoms with van der Waals surface area (Å²) in [4.78, 5) is 23.1. The van der Waals surface area contributed by atoms with E-state index >= 15 is 0 Å². The predicted molar refractivity (Wildman–Crippen MR) is 127 cm³/mol. The fourth-order valence-corrected chi connectivity index (χ4v) is 5.62. The van der Waals surface area contributed by atoms with Crippen LogP contribution in [0.25, 0.3) is 0 Å². The number of esters is 1. The molecule has 1 saturated heterocycles. The van der Waals surface area contributed by atoms with E-state index in [9.17, 15) is 4.79 Å². The standard InChI is InChI=1S/C24H39N3O3Si/c1-8-29-22(28)20-13-17-27(18-14-20)23-25-16-12-21(26-23)10-9-19(2)11-15-24(3,4)30-31(5,6)7/h12,16,19-20H,8,11,13-15,17-18H2,1-7H3. The molecule has 0 aliphatic carbocycles. The highest BCUT2D eigenvalue weighted by atomic mass is 28.4. The van der Waals surface area contributed by atoms with Crippen molar-refractivity contribution in [1.82, 2.24) is 9.97 Å². The van der Waals surface area contributed by atoms with Crippen molar-refractivity contribution in [2.75, 3.05) is 24.6 Å². The highest BCUT2D eigenvalue weighted by molar-refractivity contribution is 6.69. The summed E-state index contributed by atoms with van der Waals surface area (Å²) in [5.41, 5.74) is 0.625. The number of anilines is 1. The van der Waals surface area contributed by atoms with Gasteiger partial charge in [0, 0.05) is 25.2 Å². The Hall–Kier alpha value is -1.91. The van der Waals surface area contributed by atoms with Gasteiger partial charge in [0.25, 0.3) is 0 Å². The number of hydrogen-bond acceptors (Lipinski definition) is 6. The van der Waals surface area contributed by atoms with Crippen LogP contribution in [0, 0.1) is 23.7 Å². The van der Waals surface area contributed by atoms with Crippen LogP contribution >= 0.6 is 0 Å². The lowest BCUT2D eigenvalue weighted by Gasteiger charge is -2.33. The van der Waals surface area contributed by atoms with Crippen molar-refractivity contribution in [3.8, 4) is 11.8 Å². The van der Waals surface area contributed by atoms with E-state index in [1.165, 1.54) is 0 Å². The third-order valence-corrected chi connectivity index (χ3v) is 6.41. The van der Waals surface area contributed by atoms with E-state index < -0.39 is 8.32 Å². The average molecular weight is 446 g/mol. The molecule has 0 aromatic carbocycles. The number of carbonyl (C=O) groups excluding carboxylic acids is 1. The lowest BCUT2D eigenvalue weighted by molar-refractivity contribution is -0.148. The molecular formula is C24H39N3O3Si. The maximum absolute atomic E-state index is 11.9. The van der Waals surface area contributed by atoms with Gasteiger partial charge in [-0.2, -0.15) is 0 Å². The number of hydrogen-bond donors (Lipinski definition) is 0. The van der Waals surface area contributed by atoms with Crippen molar-refractivity contribution in [3.63, 3.8) is 0 Å². The molecule has 2 rings (SSSR count). The van der Waals surface area contributed by atoms with Gasteiger partial charge in [0.2, 0.25) is 5.95 Å². The molecule has 1 aromatic rings. The van der Waals surface area contributed by atoms with Crippen molar-refractivity contribution < 1.29 is 14.0 Å². The van der Waals surface area contributed by atoms with E-state index in [4.69, 9.17) is 9.16 Å². The first-order valence-corrected chi connectivity index (χ1v) is 14.9. The van der Waals surface area contributed by atoms with Gasteiger partial charge in [0.1, 0.15) is 5.69 Å². The number of aromatic nitrogens is 2. The Morgan fingerprint density at radius 2 is 2.00 bits per heavy atom. The fourth-order valence-electron chi connectivity index (χ4n) is 3.86. The molecule has 7 heteroatoms. The lowest BCUT2D eigenvalue weighted by Crippen LogP contribution is -2.38. The normalized spacial score (nSPS) is 16.4. The Morgan fingerprint density at radius 1 is 1.32 bits per heavy atom. The first-order valence-electron chi connectivity index (χ1n) is 11.5. The number of piperidine rings is 1. The summed E-state index contributed by atoms with van der Waals surface area (Å²) in [6.45, 7) is 17.0. The molecule has 0 spiro atoms. The van der Waals surface area contributed by atoms with E-state index in [0.29, 0.717) is 12.6 Å². The van der Waals surface area contributed by atoms with Crippen LogP contribution < -0.4 is 4.90 Å². The zero-order valence-electron chi connectivity index (χ0n) is 20.3. The van der Waals surface area contributed by atoms with Crippen LogP contribution in [-0.2, 0) is 14.0 Å². The second kappa shape index (κ2) is 11.1. The fraction of sp³-hybridized carbons (Fsp3) is 0.708. The zero-order valence-corrected chi connectivity index (χ0v) is 21.3. The summed E-state index contributed by atoms with van der Waals surface area (Å²) in [6.07, 6.45) is 5.27. The van der Waals surface area contributed by atoms with Crippen molar-refractivity contribution >= 4 is 20.2 Å². The maximum Gasteiger partial charge on any atom is 0.309 e. The van der Waals surface area contributed by atoms with Gasteiger partial charge in [-0.05, 0) is 78.1 Å². The van der Waals surface area contributed by atoms with Gasteiger partial charge < -0.3 is 14.1 Å². The molecule has 1 aliphatic heterocycles. The van der Waals surface area contributed by atoms with E-state index in [1.807, 2.05) is 13.0 Å². The van der Waals surface area contributed by atoms with E-state index in [-0.39, 0.29) is 23.4 Å². The van der Waals surface area contributed by atoms with Gasteiger partial charge in [-0.25, -0.2) is 9.97 Å². The number of nitrogens with zero attached hydrogens (tertiary/aromatic N) is 3. The van der Waals surface area contributed by atoms with Gasteiger partial charge in [0.15, 0.2) is 8.32 Å². The summed E-state index contributed by atoms with van der Waals surface area (Å²) >= 11 is 0. The molecule has 1 atom stereocenters. The van der Waals surface area contributed by atoms with Crippen molar-refractivity contribution in [2.45, 2.75) is 78.6 Å². The molecule has 0 radical (unpaired) electrons. The zero-order chi connectivity index (χ0) is 23.1. The minimum atomic E-state index is -1.56. The highest BCUT2D eigenvalue weighted by Crippen LogP contribution is 2.25. The average Bonchev–Trinajstić information content (AvgIpc) is 2.69. The summed E-state index contributed by atoms with van der Waals surface area (Å²) in [6, 6.07) is 1.85. The van der Waals surface area contributed by atoms with Crippen molar-refractivity contribution in [1.29, 1.82) is 0 Å². The van der Waals surface area contributed by atoms with Crippen LogP contribution in [0.3, 0.4) is 0 Å². The Morgan fingerprint density at radius 3 is 2.61 bits per heavy atom. The number of ether oxygens (including phenoxy) is 1. The topological polar surface area (TPSA) is 64.5 Å². The Balaban J connectivity index is 1.90. The van der Waals surface area contributed by atoms with E-state index in [2.05, 4.69) is 67.1 Å². The summed E-state index contributed by atoms with van der Waals surface area (Å²) in [5.74, 6) is 7.40.